The number of carboxylic acid groups (broad SMARTS) is 1. The molecule has 3 amide bonds. The molecule has 0 bridgehead atoms. The highest BCUT2D eigenvalue weighted by Crippen LogP contribution is 2.24. The van der Waals surface area contributed by atoms with Gasteiger partial charge in [-0.3, -0.25) is 19.8 Å². The third-order valence-electron chi connectivity index (χ3n) is 5.18. The van der Waals surface area contributed by atoms with Gasteiger partial charge in [-0.05, 0) is 54.6 Å². The Balaban J connectivity index is 1.32. The van der Waals surface area contributed by atoms with Gasteiger partial charge in [0.15, 0.2) is 5.76 Å². The Hall–Kier alpha value is -4.64. The van der Waals surface area contributed by atoms with Gasteiger partial charge in [-0.1, -0.05) is 6.07 Å². The molecule has 0 radical (unpaired) electrons. The summed E-state index contributed by atoms with van der Waals surface area (Å²) in [5.74, 6) is -1.30. The first kappa shape index (κ1) is 23.5. The van der Waals surface area contributed by atoms with E-state index in [0.717, 1.165) is 4.90 Å². The predicted molar refractivity (Wildman–Crippen MR) is 121 cm³/mol. The van der Waals surface area contributed by atoms with Crippen molar-refractivity contribution in [2.75, 3.05) is 12.0 Å². The van der Waals surface area contributed by atoms with Gasteiger partial charge in [0.25, 0.3) is 5.91 Å². The van der Waals surface area contributed by atoms with Crippen molar-refractivity contribution < 1.29 is 38.2 Å². The summed E-state index contributed by atoms with van der Waals surface area (Å²) in [6.45, 7) is 0.0903. The fourth-order valence-electron chi connectivity index (χ4n) is 3.41. The van der Waals surface area contributed by atoms with Crippen LogP contribution in [-0.4, -0.2) is 41.9 Å². The average molecular weight is 479 g/mol. The Morgan fingerprint density at radius 3 is 2.54 bits per heavy atom. The number of nitrogens with one attached hydrogen (secondary N) is 2. The van der Waals surface area contributed by atoms with E-state index in [1.54, 1.807) is 37.4 Å². The zero-order valence-electron chi connectivity index (χ0n) is 18.5. The lowest BCUT2D eigenvalue weighted by atomic mass is 10.2. The van der Waals surface area contributed by atoms with E-state index in [4.69, 9.17) is 19.0 Å². The van der Waals surface area contributed by atoms with Crippen LogP contribution in [0.5, 0.6) is 11.5 Å². The molecule has 0 unspecified atom stereocenters. The van der Waals surface area contributed by atoms with E-state index in [1.165, 1.54) is 30.3 Å². The summed E-state index contributed by atoms with van der Waals surface area (Å²) in [4.78, 5) is 49.6. The number of amides is 3. The number of benzene rings is 2. The SMILES string of the molecule is COc1ccc(OCc2ccc(C(=O)NN[C@H]3CC(=O)N(c4cccc(C(=O)O)c4)C3=O)o2)cc1. The van der Waals surface area contributed by atoms with Gasteiger partial charge < -0.3 is 19.0 Å². The molecule has 1 saturated heterocycles. The standard InChI is InChI=1S/C24H21N3O8/c1-33-16-5-7-17(8-6-16)34-13-18-9-10-20(35-18)22(29)26-25-19-12-21(28)27(23(19)30)15-4-2-3-14(11-15)24(31)32/h2-11,19,25H,12-13H2,1H3,(H,26,29)(H,31,32)/t19-/m0/s1. The topological polar surface area (TPSA) is 147 Å². The summed E-state index contributed by atoms with van der Waals surface area (Å²) in [5, 5.41) is 9.13. The molecule has 35 heavy (non-hydrogen) atoms. The fraction of sp³-hybridized carbons (Fsp3) is 0.167. The molecular weight excluding hydrogens is 458 g/mol. The summed E-state index contributed by atoms with van der Waals surface area (Å²) in [6.07, 6.45) is -0.213. The van der Waals surface area contributed by atoms with Crippen LogP contribution in [0.25, 0.3) is 0 Å². The number of anilines is 1. The van der Waals surface area contributed by atoms with Crippen LogP contribution in [0.15, 0.2) is 65.1 Å². The number of rotatable bonds is 9. The molecule has 11 heteroatoms. The van der Waals surface area contributed by atoms with Gasteiger partial charge in [-0.2, -0.15) is 0 Å². The van der Waals surface area contributed by atoms with Crippen LogP contribution in [0.3, 0.4) is 0 Å². The van der Waals surface area contributed by atoms with Crippen molar-refractivity contribution in [3.8, 4) is 11.5 Å². The van der Waals surface area contributed by atoms with Crippen molar-refractivity contribution in [2.45, 2.75) is 19.1 Å². The highest BCUT2D eigenvalue weighted by molar-refractivity contribution is 6.22. The normalized spacial score (nSPS) is 15.2. The van der Waals surface area contributed by atoms with Crippen molar-refractivity contribution in [3.63, 3.8) is 0 Å². The number of furan rings is 1. The molecule has 1 fully saturated rings. The maximum atomic E-state index is 12.7. The zero-order valence-corrected chi connectivity index (χ0v) is 18.5. The van der Waals surface area contributed by atoms with Gasteiger partial charge in [0.05, 0.1) is 24.8 Å². The van der Waals surface area contributed by atoms with Crippen molar-refractivity contribution in [3.05, 3.63) is 77.7 Å². The summed E-state index contributed by atoms with van der Waals surface area (Å²) in [5.41, 5.74) is 4.99. The van der Waals surface area contributed by atoms with E-state index in [2.05, 4.69) is 10.9 Å². The quantitative estimate of drug-likeness (QED) is 0.310. The van der Waals surface area contributed by atoms with Gasteiger partial charge in [-0.15, -0.1) is 0 Å². The Morgan fingerprint density at radius 2 is 1.83 bits per heavy atom. The highest BCUT2D eigenvalue weighted by atomic mass is 16.5. The van der Waals surface area contributed by atoms with E-state index >= 15 is 0 Å². The number of hydrogen-bond donors (Lipinski definition) is 3. The number of aromatic carboxylic acids is 1. The van der Waals surface area contributed by atoms with Crippen LogP contribution in [0.2, 0.25) is 0 Å². The summed E-state index contributed by atoms with van der Waals surface area (Å²) in [6, 6.07) is 14.5. The van der Waals surface area contributed by atoms with Gasteiger partial charge in [-0.25, -0.2) is 15.1 Å². The average Bonchev–Trinajstić information content (AvgIpc) is 3.45. The summed E-state index contributed by atoms with van der Waals surface area (Å²) in [7, 11) is 1.57. The van der Waals surface area contributed by atoms with Gasteiger partial charge in [0.2, 0.25) is 5.91 Å². The molecule has 1 aliphatic heterocycles. The summed E-state index contributed by atoms with van der Waals surface area (Å²) >= 11 is 0. The molecule has 3 aromatic rings. The predicted octanol–water partition coefficient (Wildman–Crippen LogP) is 2.13. The van der Waals surface area contributed by atoms with E-state index in [0.29, 0.717) is 17.3 Å². The van der Waals surface area contributed by atoms with Crippen molar-refractivity contribution in [2.24, 2.45) is 0 Å². The smallest absolute Gasteiger partial charge is 0.335 e. The van der Waals surface area contributed by atoms with Crippen LogP contribution in [0, 0.1) is 0 Å². The summed E-state index contributed by atoms with van der Waals surface area (Å²) < 4.78 is 16.2. The Bertz CT molecular complexity index is 1270. The van der Waals surface area contributed by atoms with Crippen LogP contribution in [0.4, 0.5) is 5.69 Å². The Kier molecular flexibility index (Phi) is 6.78. The first-order chi connectivity index (χ1) is 16.9. The van der Waals surface area contributed by atoms with Crippen LogP contribution in [-0.2, 0) is 16.2 Å². The molecule has 1 aliphatic rings. The van der Waals surface area contributed by atoms with Crippen molar-refractivity contribution in [1.29, 1.82) is 0 Å². The van der Waals surface area contributed by atoms with E-state index in [9.17, 15) is 19.2 Å². The molecule has 2 heterocycles. The first-order valence-electron chi connectivity index (χ1n) is 10.5. The number of hydrogen-bond acceptors (Lipinski definition) is 8. The van der Waals surface area contributed by atoms with Gasteiger partial charge in [0.1, 0.15) is 29.9 Å². The number of carbonyl (C=O) groups is 4. The molecule has 1 atom stereocenters. The largest absolute Gasteiger partial charge is 0.497 e. The monoisotopic (exact) mass is 479 g/mol. The van der Waals surface area contributed by atoms with Gasteiger partial charge >= 0.3 is 11.9 Å². The number of nitrogens with zero attached hydrogens (tertiary/aromatic N) is 1. The lowest BCUT2D eigenvalue weighted by Gasteiger charge is -2.16. The van der Waals surface area contributed by atoms with Crippen LogP contribution in [0.1, 0.15) is 33.1 Å². The van der Waals surface area contributed by atoms with E-state index < -0.39 is 29.7 Å². The first-order valence-corrected chi connectivity index (χ1v) is 10.5. The number of carbonyl (C=O) groups excluding carboxylic acids is 3. The second-order valence-electron chi connectivity index (χ2n) is 7.51. The van der Waals surface area contributed by atoms with Crippen LogP contribution >= 0.6 is 0 Å². The Morgan fingerprint density at radius 1 is 1.09 bits per heavy atom. The lowest BCUT2D eigenvalue weighted by molar-refractivity contribution is -0.121. The number of imide groups is 1. The minimum atomic E-state index is -1.18. The molecule has 0 saturated carbocycles. The molecule has 0 spiro atoms. The molecule has 1 aromatic heterocycles. The number of ether oxygens (including phenoxy) is 2. The Labute approximate surface area is 199 Å². The molecule has 3 N–H and O–H groups in total. The maximum Gasteiger partial charge on any atom is 0.335 e. The maximum absolute atomic E-state index is 12.7. The zero-order chi connectivity index (χ0) is 24.9. The molecule has 2 aromatic carbocycles. The van der Waals surface area contributed by atoms with Crippen LogP contribution < -0.4 is 25.2 Å². The number of methoxy groups -OCH3 is 1. The second-order valence-corrected chi connectivity index (χ2v) is 7.51. The van der Waals surface area contributed by atoms with Gasteiger partial charge in [0, 0.05) is 0 Å². The minimum absolute atomic E-state index is 0.0198. The third-order valence-corrected chi connectivity index (χ3v) is 5.18. The molecule has 11 nitrogen and oxygen atoms in total. The highest BCUT2D eigenvalue weighted by Gasteiger charge is 2.40. The molecule has 4 rings (SSSR count). The van der Waals surface area contributed by atoms with E-state index in [1.807, 2.05) is 0 Å². The third kappa shape index (κ3) is 5.31. The van der Waals surface area contributed by atoms with Crippen molar-refractivity contribution in [1.82, 2.24) is 10.9 Å². The van der Waals surface area contributed by atoms with Crippen molar-refractivity contribution >= 4 is 29.4 Å². The molecule has 0 aliphatic carbocycles. The fourth-order valence-corrected chi connectivity index (χ4v) is 3.41. The van der Waals surface area contributed by atoms with E-state index in [-0.39, 0.29) is 30.0 Å². The number of carboxylic acids is 1. The lowest BCUT2D eigenvalue weighted by Crippen LogP contribution is -2.48. The second kappa shape index (κ2) is 10.1. The minimum Gasteiger partial charge on any atom is -0.497 e. The molecule has 180 valence electrons. The number of hydrazine groups is 1. The molecular formula is C24H21N3O8.